The molecule has 0 unspecified atom stereocenters. The van der Waals surface area contributed by atoms with E-state index < -0.39 is 15.9 Å². The number of rotatable bonds is 4. The van der Waals surface area contributed by atoms with Gasteiger partial charge in [0.05, 0.1) is 4.90 Å². The van der Waals surface area contributed by atoms with Crippen molar-refractivity contribution in [3.05, 3.63) is 64.1 Å². The van der Waals surface area contributed by atoms with Crippen LogP contribution in [0.15, 0.2) is 53.4 Å². The Morgan fingerprint density at radius 1 is 1.04 bits per heavy atom. The minimum Gasteiger partial charge on any atom is -0.323 e. The maximum absolute atomic E-state index is 11.9. The lowest BCUT2D eigenvalue weighted by Crippen LogP contribution is -2.12. The molecule has 0 aromatic heterocycles. The number of nitrogens with one attached hydrogen (secondary N) is 1. The number of sulfonamides is 1. The van der Waals surface area contributed by atoms with Crippen molar-refractivity contribution in [1.82, 2.24) is 0 Å². The highest BCUT2D eigenvalue weighted by molar-refractivity contribution is 7.89. The molecule has 0 bridgehead atoms. The molecule has 23 heavy (non-hydrogen) atoms. The van der Waals surface area contributed by atoms with Gasteiger partial charge in [0.1, 0.15) is 0 Å². The fourth-order valence-corrected chi connectivity index (χ4v) is 2.78. The van der Waals surface area contributed by atoms with Crippen molar-refractivity contribution in [2.45, 2.75) is 4.90 Å². The molecule has 0 aliphatic carbocycles. The second-order valence-electron chi connectivity index (χ2n) is 4.53. The standard InChI is InChI=1S/C15H12Cl2N2O3S/c16-13-2-1-3-14(17)12(13)8-9-15(20)19-10-4-6-11(7-5-10)23(18,21)22/h1-9H,(H,19,20)(H2,18,21,22)/b9-8+. The summed E-state index contributed by atoms with van der Waals surface area (Å²) in [7, 11) is -3.76. The fourth-order valence-electron chi connectivity index (χ4n) is 1.74. The van der Waals surface area contributed by atoms with Crippen LogP contribution in [-0.2, 0) is 14.8 Å². The molecule has 0 heterocycles. The van der Waals surface area contributed by atoms with Crippen LogP contribution in [0, 0.1) is 0 Å². The molecule has 2 rings (SSSR count). The SMILES string of the molecule is NS(=O)(=O)c1ccc(NC(=O)/C=C/c2c(Cl)cccc2Cl)cc1. The first kappa shape index (κ1) is 17.5. The highest BCUT2D eigenvalue weighted by atomic mass is 35.5. The zero-order valence-corrected chi connectivity index (χ0v) is 14.0. The van der Waals surface area contributed by atoms with Crippen molar-refractivity contribution >= 4 is 50.9 Å². The summed E-state index contributed by atoms with van der Waals surface area (Å²) in [5.74, 6) is -0.413. The summed E-state index contributed by atoms with van der Waals surface area (Å²) >= 11 is 12.0. The summed E-state index contributed by atoms with van der Waals surface area (Å²) in [6, 6.07) is 10.5. The Morgan fingerprint density at radius 2 is 1.61 bits per heavy atom. The first-order chi connectivity index (χ1) is 10.8. The van der Waals surface area contributed by atoms with E-state index >= 15 is 0 Å². The van der Waals surface area contributed by atoms with Gasteiger partial charge in [-0.1, -0.05) is 29.3 Å². The number of anilines is 1. The number of halogens is 2. The molecular formula is C15H12Cl2N2O3S. The van der Waals surface area contributed by atoms with Crippen molar-refractivity contribution in [2.24, 2.45) is 5.14 Å². The molecule has 2 aromatic carbocycles. The van der Waals surface area contributed by atoms with Gasteiger partial charge in [-0.05, 0) is 42.5 Å². The first-order valence-electron chi connectivity index (χ1n) is 6.33. The zero-order chi connectivity index (χ0) is 17.0. The van der Waals surface area contributed by atoms with Crippen LogP contribution < -0.4 is 10.5 Å². The molecule has 0 atom stereocenters. The minimum atomic E-state index is -3.76. The van der Waals surface area contributed by atoms with E-state index in [1.807, 2.05) is 0 Å². The van der Waals surface area contributed by atoms with Crippen LogP contribution in [0.4, 0.5) is 5.69 Å². The van der Waals surface area contributed by atoms with Crippen LogP contribution in [0.2, 0.25) is 10.0 Å². The zero-order valence-electron chi connectivity index (χ0n) is 11.7. The lowest BCUT2D eigenvalue weighted by molar-refractivity contribution is -0.111. The summed E-state index contributed by atoms with van der Waals surface area (Å²) in [4.78, 5) is 11.8. The highest BCUT2D eigenvalue weighted by Crippen LogP contribution is 2.25. The topological polar surface area (TPSA) is 89.3 Å². The van der Waals surface area contributed by atoms with Crippen molar-refractivity contribution in [3.63, 3.8) is 0 Å². The highest BCUT2D eigenvalue weighted by Gasteiger charge is 2.07. The lowest BCUT2D eigenvalue weighted by Gasteiger charge is -2.04. The van der Waals surface area contributed by atoms with E-state index in [0.29, 0.717) is 21.3 Å². The Labute approximate surface area is 143 Å². The number of carbonyl (C=O) groups excluding carboxylic acids is 1. The average Bonchev–Trinajstić information content (AvgIpc) is 2.46. The molecule has 0 fully saturated rings. The van der Waals surface area contributed by atoms with Crippen LogP contribution in [0.25, 0.3) is 6.08 Å². The summed E-state index contributed by atoms with van der Waals surface area (Å²) < 4.78 is 22.3. The first-order valence-corrected chi connectivity index (χ1v) is 8.63. The Hall–Kier alpha value is -1.86. The number of benzene rings is 2. The lowest BCUT2D eigenvalue weighted by atomic mass is 10.2. The summed E-state index contributed by atoms with van der Waals surface area (Å²) in [6.07, 6.45) is 2.78. The number of nitrogens with two attached hydrogens (primary N) is 1. The van der Waals surface area contributed by atoms with Gasteiger partial charge >= 0.3 is 0 Å². The van der Waals surface area contributed by atoms with Gasteiger partial charge in [0.25, 0.3) is 0 Å². The molecule has 0 saturated carbocycles. The number of hydrogen-bond donors (Lipinski definition) is 2. The van der Waals surface area contributed by atoms with Gasteiger partial charge in [0.2, 0.25) is 15.9 Å². The number of amides is 1. The average molecular weight is 371 g/mol. The molecule has 5 nitrogen and oxygen atoms in total. The molecule has 0 aliphatic rings. The molecule has 3 N–H and O–H groups in total. The van der Waals surface area contributed by atoms with E-state index in [-0.39, 0.29) is 4.90 Å². The van der Waals surface area contributed by atoms with E-state index in [4.69, 9.17) is 28.3 Å². The summed E-state index contributed by atoms with van der Waals surface area (Å²) in [6.45, 7) is 0. The van der Waals surface area contributed by atoms with Crippen LogP contribution >= 0.6 is 23.2 Å². The number of primary sulfonamides is 1. The molecule has 120 valence electrons. The van der Waals surface area contributed by atoms with Gasteiger partial charge in [-0.25, -0.2) is 13.6 Å². The molecule has 0 saturated heterocycles. The predicted octanol–water partition coefficient (Wildman–Crippen LogP) is 3.29. The summed E-state index contributed by atoms with van der Waals surface area (Å²) in [5, 5.41) is 8.44. The molecule has 8 heteroatoms. The quantitative estimate of drug-likeness (QED) is 0.809. The number of carbonyl (C=O) groups is 1. The molecule has 0 aliphatic heterocycles. The largest absolute Gasteiger partial charge is 0.323 e. The summed E-state index contributed by atoms with van der Waals surface area (Å²) in [5.41, 5.74) is 0.966. The second-order valence-corrected chi connectivity index (χ2v) is 6.90. The predicted molar refractivity (Wildman–Crippen MR) is 91.9 cm³/mol. The normalized spacial score (nSPS) is 11.6. The molecule has 0 radical (unpaired) electrons. The maximum atomic E-state index is 11.9. The van der Waals surface area contributed by atoms with E-state index in [1.165, 1.54) is 36.4 Å². The van der Waals surface area contributed by atoms with Crippen molar-refractivity contribution in [1.29, 1.82) is 0 Å². The van der Waals surface area contributed by atoms with Gasteiger partial charge < -0.3 is 5.32 Å². The van der Waals surface area contributed by atoms with Crippen LogP contribution in [-0.4, -0.2) is 14.3 Å². The number of hydrogen-bond acceptors (Lipinski definition) is 3. The van der Waals surface area contributed by atoms with Crippen molar-refractivity contribution < 1.29 is 13.2 Å². The smallest absolute Gasteiger partial charge is 0.248 e. The van der Waals surface area contributed by atoms with E-state index in [9.17, 15) is 13.2 Å². The van der Waals surface area contributed by atoms with Gasteiger partial charge in [0, 0.05) is 27.4 Å². The second kappa shape index (κ2) is 7.14. The Kier molecular flexibility index (Phi) is 5.43. The molecule has 2 aromatic rings. The molecule has 0 spiro atoms. The van der Waals surface area contributed by atoms with Gasteiger partial charge in [-0.2, -0.15) is 0 Å². The van der Waals surface area contributed by atoms with Gasteiger partial charge in [0.15, 0.2) is 0 Å². The fraction of sp³-hybridized carbons (Fsp3) is 0. The van der Waals surface area contributed by atoms with Crippen LogP contribution in [0.1, 0.15) is 5.56 Å². The van der Waals surface area contributed by atoms with E-state index in [2.05, 4.69) is 5.32 Å². The van der Waals surface area contributed by atoms with Gasteiger partial charge in [-0.3, -0.25) is 4.79 Å². The third-order valence-electron chi connectivity index (χ3n) is 2.85. The Morgan fingerprint density at radius 3 is 2.13 bits per heavy atom. The maximum Gasteiger partial charge on any atom is 0.248 e. The van der Waals surface area contributed by atoms with Crippen molar-refractivity contribution in [3.8, 4) is 0 Å². The van der Waals surface area contributed by atoms with Crippen molar-refractivity contribution in [2.75, 3.05) is 5.32 Å². The van der Waals surface area contributed by atoms with E-state index in [0.717, 1.165) is 0 Å². The minimum absolute atomic E-state index is 0.0334. The third-order valence-corrected chi connectivity index (χ3v) is 4.44. The Balaban J connectivity index is 2.09. The van der Waals surface area contributed by atoms with Gasteiger partial charge in [-0.15, -0.1) is 0 Å². The third kappa shape index (κ3) is 4.80. The molecule has 1 amide bonds. The van der Waals surface area contributed by atoms with E-state index in [1.54, 1.807) is 18.2 Å². The van der Waals surface area contributed by atoms with Crippen LogP contribution in [0.5, 0.6) is 0 Å². The van der Waals surface area contributed by atoms with Crippen LogP contribution in [0.3, 0.4) is 0 Å². The monoisotopic (exact) mass is 370 g/mol. The molecular weight excluding hydrogens is 359 g/mol. The Bertz CT molecular complexity index is 843.